The smallest absolute Gasteiger partial charge is 0.237 e. The SMILES string of the molecule is CSc1ccccc1NC(=O)C(C)Sc1nc(C)c(C)n1CC(C)C. The fourth-order valence-electron chi connectivity index (χ4n) is 2.49. The van der Waals surface area contributed by atoms with Crippen LogP contribution in [0.3, 0.4) is 0 Å². The summed E-state index contributed by atoms with van der Waals surface area (Å²) in [7, 11) is 0. The van der Waals surface area contributed by atoms with Gasteiger partial charge in [-0.1, -0.05) is 37.7 Å². The van der Waals surface area contributed by atoms with Gasteiger partial charge >= 0.3 is 0 Å². The summed E-state index contributed by atoms with van der Waals surface area (Å²) in [6, 6.07) is 7.87. The van der Waals surface area contributed by atoms with Crippen LogP contribution in [-0.2, 0) is 11.3 Å². The number of aromatic nitrogens is 2. The number of anilines is 1. The van der Waals surface area contributed by atoms with Gasteiger partial charge in [0.25, 0.3) is 0 Å². The Hall–Kier alpha value is -1.40. The number of aryl methyl sites for hydroxylation is 1. The largest absolute Gasteiger partial charge is 0.324 e. The molecule has 4 nitrogen and oxygen atoms in total. The zero-order valence-electron chi connectivity index (χ0n) is 15.8. The highest BCUT2D eigenvalue weighted by molar-refractivity contribution is 8.00. The lowest BCUT2D eigenvalue weighted by Gasteiger charge is -2.16. The second-order valence-electron chi connectivity index (χ2n) is 6.52. The number of amides is 1. The Morgan fingerprint density at radius 1 is 1.24 bits per heavy atom. The van der Waals surface area contributed by atoms with Crippen molar-refractivity contribution in [1.29, 1.82) is 0 Å². The molecule has 136 valence electrons. The van der Waals surface area contributed by atoms with Crippen LogP contribution in [0.1, 0.15) is 32.2 Å². The Kier molecular flexibility index (Phi) is 7.02. The van der Waals surface area contributed by atoms with E-state index in [4.69, 9.17) is 0 Å². The van der Waals surface area contributed by atoms with E-state index in [0.717, 1.165) is 28.0 Å². The lowest BCUT2D eigenvalue weighted by atomic mass is 10.2. The highest BCUT2D eigenvalue weighted by Gasteiger charge is 2.20. The van der Waals surface area contributed by atoms with Crippen molar-refractivity contribution in [1.82, 2.24) is 9.55 Å². The fourth-order valence-corrected chi connectivity index (χ4v) is 4.05. The van der Waals surface area contributed by atoms with Crippen LogP contribution in [0.4, 0.5) is 5.69 Å². The molecule has 1 unspecified atom stereocenters. The number of hydrogen-bond donors (Lipinski definition) is 1. The van der Waals surface area contributed by atoms with Crippen LogP contribution in [0.15, 0.2) is 34.3 Å². The van der Waals surface area contributed by atoms with Gasteiger partial charge < -0.3 is 9.88 Å². The molecule has 1 N–H and O–H groups in total. The van der Waals surface area contributed by atoms with Crippen LogP contribution in [-0.4, -0.2) is 27.0 Å². The summed E-state index contributed by atoms with van der Waals surface area (Å²) < 4.78 is 2.23. The van der Waals surface area contributed by atoms with Gasteiger partial charge in [-0.15, -0.1) is 11.8 Å². The maximum atomic E-state index is 12.6. The third kappa shape index (κ3) is 5.05. The minimum absolute atomic E-state index is 0.000836. The molecule has 0 fully saturated rings. The number of carbonyl (C=O) groups excluding carboxylic acids is 1. The summed E-state index contributed by atoms with van der Waals surface area (Å²) in [6.07, 6.45) is 2.01. The number of nitrogens with zero attached hydrogens (tertiary/aromatic N) is 2. The maximum absolute atomic E-state index is 12.6. The molecule has 25 heavy (non-hydrogen) atoms. The van der Waals surface area contributed by atoms with E-state index >= 15 is 0 Å². The van der Waals surface area contributed by atoms with E-state index in [1.165, 1.54) is 17.5 Å². The topological polar surface area (TPSA) is 46.9 Å². The van der Waals surface area contributed by atoms with Gasteiger partial charge in [0.2, 0.25) is 5.91 Å². The standard InChI is InChI=1S/C19H27N3OS2/c1-12(2)11-22-14(4)13(3)20-19(22)25-15(5)18(23)21-16-9-7-8-10-17(16)24-6/h7-10,12,15H,11H2,1-6H3,(H,21,23). The fraction of sp³-hybridized carbons (Fsp3) is 0.474. The van der Waals surface area contributed by atoms with Gasteiger partial charge in [-0.25, -0.2) is 4.98 Å². The summed E-state index contributed by atoms with van der Waals surface area (Å²) in [5, 5.41) is 3.75. The predicted molar refractivity (Wildman–Crippen MR) is 109 cm³/mol. The Balaban J connectivity index is 2.12. The van der Waals surface area contributed by atoms with Crippen molar-refractivity contribution in [3.8, 4) is 0 Å². The second-order valence-corrected chi connectivity index (χ2v) is 8.68. The summed E-state index contributed by atoms with van der Waals surface area (Å²) in [5.74, 6) is 0.533. The monoisotopic (exact) mass is 377 g/mol. The first-order chi connectivity index (χ1) is 11.8. The highest BCUT2D eigenvalue weighted by atomic mass is 32.2. The molecule has 6 heteroatoms. The normalized spacial score (nSPS) is 12.4. The van der Waals surface area contributed by atoms with Gasteiger partial charge in [0.05, 0.1) is 16.6 Å². The summed E-state index contributed by atoms with van der Waals surface area (Å²) in [6.45, 7) is 11.3. The zero-order chi connectivity index (χ0) is 18.6. The minimum atomic E-state index is -0.220. The molecular formula is C19H27N3OS2. The van der Waals surface area contributed by atoms with Crippen molar-refractivity contribution in [3.05, 3.63) is 35.7 Å². The van der Waals surface area contributed by atoms with Gasteiger partial charge in [0.15, 0.2) is 5.16 Å². The Morgan fingerprint density at radius 2 is 1.92 bits per heavy atom. The van der Waals surface area contributed by atoms with Crippen LogP contribution < -0.4 is 5.32 Å². The van der Waals surface area contributed by atoms with Crippen LogP contribution in [0.2, 0.25) is 0 Å². The number of nitrogens with one attached hydrogen (secondary N) is 1. The first-order valence-electron chi connectivity index (χ1n) is 8.47. The molecule has 0 saturated heterocycles. The molecule has 2 aromatic rings. The number of imidazole rings is 1. The van der Waals surface area contributed by atoms with E-state index in [1.54, 1.807) is 11.8 Å². The van der Waals surface area contributed by atoms with Crippen LogP contribution in [0, 0.1) is 19.8 Å². The molecule has 1 heterocycles. The van der Waals surface area contributed by atoms with Crippen molar-refractivity contribution in [2.75, 3.05) is 11.6 Å². The first-order valence-corrected chi connectivity index (χ1v) is 10.6. The van der Waals surface area contributed by atoms with Crippen molar-refractivity contribution < 1.29 is 4.79 Å². The van der Waals surface area contributed by atoms with Crippen LogP contribution in [0.5, 0.6) is 0 Å². The Morgan fingerprint density at radius 3 is 2.56 bits per heavy atom. The average Bonchev–Trinajstić information content (AvgIpc) is 2.82. The summed E-state index contributed by atoms with van der Waals surface area (Å²) in [4.78, 5) is 18.4. The number of benzene rings is 1. The summed E-state index contributed by atoms with van der Waals surface area (Å²) >= 11 is 3.15. The number of thioether (sulfide) groups is 2. The molecule has 1 amide bonds. The van der Waals surface area contributed by atoms with Crippen LogP contribution in [0.25, 0.3) is 0 Å². The number of hydrogen-bond acceptors (Lipinski definition) is 4. The molecule has 2 rings (SSSR count). The van der Waals surface area contributed by atoms with Crippen molar-refractivity contribution in [2.24, 2.45) is 5.92 Å². The molecule has 1 atom stereocenters. The van der Waals surface area contributed by atoms with E-state index in [1.807, 2.05) is 44.4 Å². The van der Waals surface area contributed by atoms with Gasteiger partial charge in [0, 0.05) is 17.1 Å². The lowest BCUT2D eigenvalue weighted by molar-refractivity contribution is -0.115. The molecule has 0 aliphatic rings. The first kappa shape index (κ1) is 19.9. The molecule has 0 bridgehead atoms. The number of para-hydroxylation sites is 1. The van der Waals surface area contributed by atoms with E-state index < -0.39 is 0 Å². The number of carbonyl (C=O) groups is 1. The molecular weight excluding hydrogens is 350 g/mol. The van der Waals surface area contributed by atoms with Crippen molar-refractivity contribution in [2.45, 2.75) is 56.5 Å². The third-order valence-electron chi connectivity index (χ3n) is 3.99. The van der Waals surface area contributed by atoms with Crippen LogP contribution >= 0.6 is 23.5 Å². The lowest BCUT2D eigenvalue weighted by Crippen LogP contribution is -2.23. The molecule has 1 aromatic heterocycles. The number of rotatable bonds is 7. The quantitative estimate of drug-likeness (QED) is 0.690. The molecule has 0 radical (unpaired) electrons. The molecule has 0 aliphatic heterocycles. The van der Waals surface area contributed by atoms with Crippen molar-refractivity contribution in [3.63, 3.8) is 0 Å². The average molecular weight is 378 g/mol. The second kappa shape index (κ2) is 8.81. The van der Waals surface area contributed by atoms with Gasteiger partial charge in [0.1, 0.15) is 0 Å². The predicted octanol–water partition coefficient (Wildman–Crippen LogP) is 5.00. The summed E-state index contributed by atoms with van der Waals surface area (Å²) in [5.41, 5.74) is 3.07. The Labute approximate surface area is 159 Å². The zero-order valence-corrected chi connectivity index (χ0v) is 17.4. The van der Waals surface area contributed by atoms with E-state index in [0.29, 0.717) is 5.92 Å². The third-order valence-corrected chi connectivity index (χ3v) is 5.87. The van der Waals surface area contributed by atoms with E-state index in [2.05, 4.69) is 35.6 Å². The maximum Gasteiger partial charge on any atom is 0.237 e. The van der Waals surface area contributed by atoms with E-state index in [9.17, 15) is 4.79 Å². The molecule has 0 saturated carbocycles. The molecule has 0 aliphatic carbocycles. The van der Waals surface area contributed by atoms with Gasteiger partial charge in [-0.05, 0) is 45.1 Å². The van der Waals surface area contributed by atoms with E-state index in [-0.39, 0.29) is 11.2 Å². The highest BCUT2D eigenvalue weighted by Crippen LogP contribution is 2.29. The Bertz CT molecular complexity index is 740. The van der Waals surface area contributed by atoms with Gasteiger partial charge in [-0.2, -0.15) is 0 Å². The van der Waals surface area contributed by atoms with Gasteiger partial charge in [-0.3, -0.25) is 4.79 Å². The van der Waals surface area contributed by atoms with Crippen molar-refractivity contribution >= 4 is 35.1 Å². The minimum Gasteiger partial charge on any atom is -0.324 e. The molecule has 1 aromatic carbocycles. The molecule has 0 spiro atoms.